The monoisotopic (exact) mass is 280 g/mol. The van der Waals surface area contributed by atoms with Gasteiger partial charge >= 0.3 is 5.97 Å². The van der Waals surface area contributed by atoms with E-state index in [0.717, 1.165) is 6.42 Å². The van der Waals surface area contributed by atoms with Gasteiger partial charge in [0.15, 0.2) is 0 Å². The van der Waals surface area contributed by atoms with E-state index in [1.165, 1.54) is 12.3 Å². The summed E-state index contributed by atoms with van der Waals surface area (Å²) in [5, 5.41) is 3.03. The van der Waals surface area contributed by atoms with Crippen LogP contribution in [0.2, 0.25) is 0 Å². The van der Waals surface area contributed by atoms with Gasteiger partial charge in [-0.25, -0.2) is 9.78 Å². The Morgan fingerprint density at radius 1 is 1.40 bits per heavy atom. The number of rotatable bonds is 8. The minimum Gasteiger partial charge on any atom is -0.462 e. The molecular weight excluding hydrogens is 260 g/mol. The topological polar surface area (TPSA) is 120 Å². The molecule has 5 N–H and O–H groups in total. The molecule has 0 fully saturated rings. The molecule has 0 aliphatic heterocycles. The Labute approximate surface area is 117 Å². The van der Waals surface area contributed by atoms with Crippen LogP contribution in [0, 0.1) is 0 Å². The Balaban J connectivity index is 2.60. The van der Waals surface area contributed by atoms with Gasteiger partial charge in [0.1, 0.15) is 11.4 Å². The van der Waals surface area contributed by atoms with Crippen molar-refractivity contribution in [1.82, 2.24) is 4.98 Å². The fourth-order valence-electron chi connectivity index (χ4n) is 1.62. The van der Waals surface area contributed by atoms with Crippen LogP contribution in [0.4, 0.5) is 11.5 Å². The van der Waals surface area contributed by atoms with E-state index in [4.69, 9.17) is 16.2 Å². The molecule has 1 rings (SSSR count). The molecule has 7 nitrogen and oxygen atoms in total. The fraction of sp³-hybridized carbons (Fsp3) is 0.462. The summed E-state index contributed by atoms with van der Waals surface area (Å²) in [5.74, 6) is -0.355. The molecule has 20 heavy (non-hydrogen) atoms. The minimum atomic E-state index is -0.466. The summed E-state index contributed by atoms with van der Waals surface area (Å²) in [6.45, 7) is 2.59. The van der Waals surface area contributed by atoms with Crippen molar-refractivity contribution in [3.63, 3.8) is 0 Å². The number of esters is 1. The maximum absolute atomic E-state index is 11.8. The lowest BCUT2D eigenvalue weighted by Crippen LogP contribution is -2.14. The number of carbonyl (C=O) groups excluding carboxylic acids is 2. The molecule has 0 unspecified atom stereocenters. The fourth-order valence-corrected chi connectivity index (χ4v) is 1.62. The second kappa shape index (κ2) is 7.98. The highest BCUT2D eigenvalue weighted by molar-refractivity contribution is 5.95. The number of carbonyl (C=O) groups is 2. The van der Waals surface area contributed by atoms with Gasteiger partial charge in [-0.2, -0.15) is 0 Å². The molecule has 0 aliphatic rings. The molecule has 0 radical (unpaired) electrons. The van der Waals surface area contributed by atoms with Crippen molar-refractivity contribution < 1.29 is 14.3 Å². The maximum Gasteiger partial charge on any atom is 0.341 e. The Morgan fingerprint density at radius 2 is 2.15 bits per heavy atom. The van der Waals surface area contributed by atoms with Gasteiger partial charge in [0.25, 0.3) is 0 Å². The standard InChI is InChI=1S/C13H20N4O3/c1-2-20-13(19)10-7-9(14)8-17-12(10)16-6-4-3-5-11(15)18/h7-8H,2-6,14H2,1H3,(H2,15,18)(H,16,17). The summed E-state index contributed by atoms with van der Waals surface area (Å²) in [7, 11) is 0. The van der Waals surface area contributed by atoms with Crippen LogP contribution < -0.4 is 16.8 Å². The van der Waals surface area contributed by atoms with Crippen LogP contribution in [0.15, 0.2) is 12.3 Å². The van der Waals surface area contributed by atoms with Crippen molar-refractivity contribution in [1.29, 1.82) is 0 Å². The lowest BCUT2D eigenvalue weighted by molar-refractivity contribution is -0.118. The number of aromatic nitrogens is 1. The lowest BCUT2D eigenvalue weighted by Gasteiger charge is -2.10. The molecule has 0 aliphatic carbocycles. The van der Waals surface area contributed by atoms with E-state index in [1.54, 1.807) is 6.92 Å². The first kappa shape index (κ1) is 15.7. The van der Waals surface area contributed by atoms with E-state index < -0.39 is 5.97 Å². The quantitative estimate of drug-likeness (QED) is 0.481. The van der Waals surface area contributed by atoms with E-state index in [-0.39, 0.29) is 12.5 Å². The zero-order valence-corrected chi connectivity index (χ0v) is 11.5. The third-order valence-corrected chi connectivity index (χ3v) is 2.55. The highest BCUT2D eigenvalue weighted by Gasteiger charge is 2.14. The number of primary amides is 1. The van der Waals surface area contributed by atoms with Crippen LogP contribution in [0.3, 0.4) is 0 Å². The van der Waals surface area contributed by atoms with Crippen LogP contribution in [-0.2, 0) is 9.53 Å². The number of nitrogens with two attached hydrogens (primary N) is 2. The lowest BCUT2D eigenvalue weighted by atomic mass is 10.2. The third kappa shape index (κ3) is 5.13. The Morgan fingerprint density at radius 3 is 2.80 bits per heavy atom. The van der Waals surface area contributed by atoms with E-state index >= 15 is 0 Å². The van der Waals surface area contributed by atoms with Gasteiger partial charge in [-0.1, -0.05) is 0 Å². The molecule has 0 spiro atoms. The van der Waals surface area contributed by atoms with Crippen LogP contribution in [0.5, 0.6) is 0 Å². The predicted molar refractivity (Wildman–Crippen MR) is 76.1 cm³/mol. The van der Waals surface area contributed by atoms with Crippen LogP contribution in [-0.4, -0.2) is 30.0 Å². The molecule has 1 heterocycles. The van der Waals surface area contributed by atoms with Crippen molar-refractivity contribution in [2.45, 2.75) is 26.2 Å². The molecular formula is C13H20N4O3. The number of nitrogens with one attached hydrogen (secondary N) is 1. The number of hydrogen-bond acceptors (Lipinski definition) is 6. The summed E-state index contributed by atoms with van der Waals surface area (Å²) in [6.07, 6.45) is 3.25. The Bertz CT molecular complexity index is 477. The summed E-state index contributed by atoms with van der Waals surface area (Å²) in [6, 6.07) is 1.52. The van der Waals surface area contributed by atoms with E-state index in [0.29, 0.717) is 36.5 Å². The van der Waals surface area contributed by atoms with E-state index in [2.05, 4.69) is 10.3 Å². The maximum atomic E-state index is 11.8. The van der Waals surface area contributed by atoms with Crippen molar-refractivity contribution in [3.8, 4) is 0 Å². The number of ether oxygens (including phenoxy) is 1. The number of pyridine rings is 1. The van der Waals surface area contributed by atoms with Gasteiger partial charge in [-0.3, -0.25) is 4.79 Å². The summed E-state index contributed by atoms with van der Waals surface area (Å²) in [5.41, 5.74) is 11.4. The number of amides is 1. The molecule has 0 saturated heterocycles. The van der Waals surface area contributed by atoms with Crippen molar-refractivity contribution in [3.05, 3.63) is 17.8 Å². The third-order valence-electron chi connectivity index (χ3n) is 2.55. The SMILES string of the molecule is CCOC(=O)c1cc(N)cnc1NCCCCC(N)=O. The molecule has 110 valence electrons. The molecule has 1 amide bonds. The number of nitrogen functional groups attached to an aromatic ring is 1. The average molecular weight is 280 g/mol. The molecule has 1 aromatic rings. The molecule has 0 bridgehead atoms. The van der Waals surface area contributed by atoms with Gasteiger partial charge in [0.2, 0.25) is 5.91 Å². The number of anilines is 2. The smallest absolute Gasteiger partial charge is 0.341 e. The zero-order chi connectivity index (χ0) is 15.0. The number of unbranched alkanes of at least 4 members (excludes halogenated alkanes) is 1. The van der Waals surface area contributed by atoms with Crippen LogP contribution >= 0.6 is 0 Å². The van der Waals surface area contributed by atoms with Crippen molar-refractivity contribution in [2.24, 2.45) is 5.73 Å². The highest BCUT2D eigenvalue weighted by Crippen LogP contribution is 2.17. The van der Waals surface area contributed by atoms with Crippen molar-refractivity contribution in [2.75, 3.05) is 24.2 Å². The summed E-state index contributed by atoms with van der Waals surface area (Å²) >= 11 is 0. The Hall–Kier alpha value is -2.31. The van der Waals surface area contributed by atoms with Gasteiger partial charge in [-0.15, -0.1) is 0 Å². The number of hydrogen-bond donors (Lipinski definition) is 3. The first-order chi connectivity index (χ1) is 9.54. The van der Waals surface area contributed by atoms with Crippen molar-refractivity contribution >= 4 is 23.4 Å². The van der Waals surface area contributed by atoms with Gasteiger partial charge < -0.3 is 21.5 Å². The molecule has 7 heteroatoms. The zero-order valence-electron chi connectivity index (χ0n) is 11.5. The van der Waals surface area contributed by atoms with E-state index in [9.17, 15) is 9.59 Å². The van der Waals surface area contributed by atoms with Gasteiger partial charge in [-0.05, 0) is 25.8 Å². The minimum absolute atomic E-state index is 0.283. The van der Waals surface area contributed by atoms with Crippen LogP contribution in [0.25, 0.3) is 0 Å². The predicted octanol–water partition coefficient (Wildman–Crippen LogP) is 0.908. The first-order valence-electron chi connectivity index (χ1n) is 6.49. The average Bonchev–Trinajstić information content (AvgIpc) is 2.39. The van der Waals surface area contributed by atoms with Gasteiger partial charge in [0, 0.05) is 13.0 Å². The Kier molecular flexibility index (Phi) is 6.28. The number of nitrogens with zero attached hydrogens (tertiary/aromatic N) is 1. The van der Waals surface area contributed by atoms with Gasteiger partial charge in [0.05, 0.1) is 18.5 Å². The first-order valence-corrected chi connectivity index (χ1v) is 6.49. The summed E-state index contributed by atoms with van der Waals surface area (Å²) < 4.78 is 4.95. The normalized spacial score (nSPS) is 10.1. The molecule has 1 aromatic heterocycles. The highest BCUT2D eigenvalue weighted by atomic mass is 16.5. The second-order valence-corrected chi connectivity index (χ2v) is 4.24. The molecule has 0 atom stereocenters. The molecule has 0 saturated carbocycles. The summed E-state index contributed by atoms with van der Waals surface area (Å²) in [4.78, 5) is 26.5. The van der Waals surface area contributed by atoms with E-state index in [1.807, 2.05) is 0 Å². The second-order valence-electron chi connectivity index (χ2n) is 4.24. The largest absolute Gasteiger partial charge is 0.462 e. The molecule has 0 aromatic carbocycles. The van der Waals surface area contributed by atoms with Crippen LogP contribution in [0.1, 0.15) is 36.5 Å².